The van der Waals surface area contributed by atoms with E-state index in [9.17, 15) is 10.0 Å². The summed E-state index contributed by atoms with van der Waals surface area (Å²) in [6.45, 7) is 5.38. The quantitative estimate of drug-likeness (QED) is 0.378. The first-order valence-electron chi connectivity index (χ1n) is 7.05. The molecule has 0 unspecified atom stereocenters. The third kappa shape index (κ3) is 4.45. The van der Waals surface area contributed by atoms with Crippen molar-refractivity contribution in [3.05, 3.63) is 65.6 Å². The molecule has 0 saturated heterocycles. The predicted octanol–water partition coefficient (Wildman–Crippen LogP) is 3.34. The number of ether oxygens (including phenoxy) is 1. The fourth-order valence-corrected chi connectivity index (χ4v) is 1.93. The number of aromatic nitrogens is 1. The number of hydrogen-bond donors (Lipinski definition) is 0. The first-order valence-corrected chi connectivity index (χ1v) is 7.05. The summed E-state index contributed by atoms with van der Waals surface area (Å²) in [5, 5.41) is 11.8. The Labute approximate surface area is 130 Å². The zero-order chi connectivity index (χ0) is 16.2. The topological polar surface area (TPSA) is 53.2 Å². The fraction of sp³-hybridized carbons (Fsp3) is 0.222. The van der Waals surface area contributed by atoms with Gasteiger partial charge < -0.3 is 9.94 Å². The number of pyridine rings is 1. The normalized spacial score (nSPS) is 11.6. The molecule has 0 bridgehead atoms. The summed E-state index contributed by atoms with van der Waals surface area (Å²) in [5.41, 5.74) is 1.75. The van der Waals surface area contributed by atoms with E-state index in [0.717, 1.165) is 11.1 Å². The SMILES string of the molecule is CC(C)(C)OC(=O)/C=C/c1cc(-c2ccccc2)cc[n+]1[O-]. The van der Waals surface area contributed by atoms with Crippen molar-refractivity contribution in [2.45, 2.75) is 26.4 Å². The fourth-order valence-electron chi connectivity index (χ4n) is 1.93. The summed E-state index contributed by atoms with van der Waals surface area (Å²) in [5.74, 6) is -0.474. The van der Waals surface area contributed by atoms with E-state index in [1.165, 1.54) is 18.3 Å². The zero-order valence-corrected chi connectivity index (χ0v) is 12.9. The molecule has 1 heterocycles. The van der Waals surface area contributed by atoms with Crippen molar-refractivity contribution in [2.24, 2.45) is 0 Å². The smallest absolute Gasteiger partial charge is 0.331 e. The van der Waals surface area contributed by atoms with E-state index in [1.807, 2.05) is 30.3 Å². The van der Waals surface area contributed by atoms with Crippen molar-refractivity contribution in [2.75, 3.05) is 0 Å². The highest BCUT2D eigenvalue weighted by Gasteiger charge is 2.14. The summed E-state index contributed by atoms with van der Waals surface area (Å²) in [6, 6.07) is 13.2. The highest BCUT2D eigenvalue weighted by Crippen LogP contribution is 2.18. The van der Waals surface area contributed by atoms with Crippen LogP contribution in [0.4, 0.5) is 0 Å². The standard InChI is InChI=1S/C18H19NO3/c1-18(2,3)22-17(20)10-9-16-13-15(11-12-19(16)21)14-7-5-4-6-8-14/h4-13H,1-3H3/b10-9+. The number of benzene rings is 1. The number of hydrogen-bond acceptors (Lipinski definition) is 3. The minimum Gasteiger partial charge on any atom is -0.618 e. The van der Waals surface area contributed by atoms with Gasteiger partial charge in [-0.3, -0.25) is 0 Å². The maximum absolute atomic E-state index is 11.8. The molecule has 0 aliphatic carbocycles. The first-order chi connectivity index (χ1) is 10.3. The summed E-state index contributed by atoms with van der Waals surface area (Å²) in [6.07, 6.45) is 4.16. The summed E-state index contributed by atoms with van der Waals surface area (Å²) in [7, 11) is 0. The van der Waals surface area contributed by atoms with Crippen LogP contribution in [0.3, 0.4) is 0 Å². The second kappa shape index (κ2) is 6.43. The second-order valence-corrected chi connectivity index (χ2v) is 5.90. The summed E-state index contributed by atoms with van der Waals surface area (Å²) < 4.78 is 5.89. The van der Waals surface area contributed by atoms with Gasteiger partial charge in [-0.25, -0.2) is 4.79 Å². The lowest BCUT2D eigenvalue weighted by Crippen LogP contribution is -2.29. The monoisotopic (exact) mass is 297 g/mol. The molecule has 0 aliphatic rings. The Hall–Kier alpha value is -2.62. The molecular formula is C18H19NO3. The molecule has 0 spiro atoms. The van der Waals surface area contributed by atoms with E-state index in [-0.39, 0.29) is 0 Å². The van der Waals surface area contributed by atoms with Gasteiger partial charge in [-0.2, -0.15) is 4.73 Å². The number of esters is 1. The Morgan fingerprint density at radius 1 is 1.14 bits per heavy atom. The van der Waals surface area contributed by atoms with E-state index in [0.29, 0.717) is 10.4 Å². The highest BCUT2D eigenvalue weighted by atomic mass is 16.6. The molecule has 0 fully saturated rings. The van der Waals surface area contributed by atoms with E-state index in [1.54, 1.807) is 32.9 Å². The highest BCUT2D eigenvalue weighted by molar-refractivity contribution is 5.87. The Morgan fingerprint density at radius 2 is 1.82 bits per heavy atom. The van der Waals surface area contributed by atoms with Gasteiger partial charge in [-0.1, -0.05) is 30.3 Å². The van der Waals surface area contributed by atoms with E-state index in [2.05, 4.69) is 0 Å². The molecule has 2 rings (SSSR count). The van der Waals surface area contributed by atoms with Crippen LogP contribution in [0.5, 0.6) is 0 Å². The van der Waals surface area contributed by atoms with Gasteiger partial charge in [0.1, 0.15) is 5.60 Å². The minimum absolute atomic E-state index is 0.382. The Bertz CT molecular complexity index is 685. The van der Waals surface area contributed by atoms with E-state index in [4.69, 9.17) is 4.74 Å². The van der Waals surface area contributed by atoms with Crippen LogP contribution in [-0.2, 0) is 9.53 Å². The van der Waals surface area contributed by atoms with Crippen molar-refractivity contribution in [3.63, 3.8) is 0 Å². The molecule has 0 radical (unpaired) electrons. The van der Waals surface area contributed by atoms with Crippen molar-refractivity contribution in [1.82, 2.24) is 0 Å². The van der Waals surface area contributed by atoms with Crippen LogP contribution in [0.15, 0.2) is 54.7 Å². The summed E-state index contributed by atoms with van der Waals surface area (Å²) >= 11 is 0. The van der Waals surface area contributed by atoms with Crippen LogP contribution in [0.2, 0.25) is 0 Å². The maximum Gasteiger partial charge on any atom is 0.331 e. The number of carbonyl (C=O) groups excluding carboxylic acids is 1. The molecular weight excluding hydrogens is 278 g/mol. The Morgan fingerprint density at radius 3 is 2.45 bits per heavy atom. The van der Waals surface area contributed by atoms with Gasteiger partial charge in [0.25, 0.3) is 0 Å². The first kappa shape index (κ1) is 15.8. The molecule has 0 atom stereocenters. The molecule has 22 heavy (non-hydrogen) atoms. The lowest BCUT2D eigenvalue weighted by atomic mass is 10.1. The second-order valence-electron chi connectivity index (χ2n) is 5.90. The van der Waals surface area contributed by atoms with Crippen LogP contribution in [0.25, 0.3) is 17.2 Å². The van der Waals surface area contributed by atoms with Gasteiger partial charge in [-0.05, 0) is 31.9 Å². The largest absolute Gasteiger partial charge is 0.618 e. The van der Waals surface area contributed by atoms with Crippen LogP contribution in [0.1, 0.15) is 26.5 Å². The van der Waals surface area contributed by atoms with Gasteiger partial charge in [0, 0.05) is 24.3 Å². The number of rotatable bonds is 3. The number of carbonyl (C=O) groups is 1. The van der Waals surface area contributed by atoms with E-state index < -0.39 is 11.6 Å². The molecule has 114 valence electrons. The summed E-state index contributed by atoms with van der Waals surface area (Å²) in [4.78, 5) is 11.7. The molecule has 2 aromatic rings. The van der Waals surface area contributed by atoms with Gasteiger partial charge in [0.2, 0.25) is 5.69 Å². The van der Waals surface area contributed by atoms with Gasteiger partial charge >= 0.3 is 5.97 Å². The Kier molecular flexibility index (Phi) is 4.61. The van der Waals surface area contributed by atoms with Crippen molar-refractivity contribution in [3.8, 4) is 11.1 Å². The van der Waals surface area contributed by atoms with Crippen LogP contribution >= 0.6 is 0 Å². The molecule has 4 nitrogen and oxygen atoms in total. The zero-order valence-electron chi connectivity index (χ0n) is 12.9. The van der Waals surface area contributed by atoms with Gasteiger partial charge in [-0.15, -0.1) is 0 Å². The lowest BCUT2D eigenvalue weighted by molar-refractivity contribution is -0.607. The minimum atomic E-state index is -0.555. The van der Waals surface area contributed by atoms with Crippen LogP contribution in [0, 0.1) is 5.21 Å². The molecule has 0 amide bonds. The van der Waals surface area contributed by atoms with Crippen molar-refractivity contribution >= 4 is 12.0 Å². The third-order valence-corrected chi connectivity index (χ3v) is 2.85. The molecule has 0 N–H and O–H groups in total. The molecule has 1 aromatic heterocycles. The molecule has 1 aromatic carbocycles. The van der Waals surface area contributed by atoms with Gasteiger partial charge in [0.05, 0.1) is 0 Å². The van der Waals surface area contributed by atoms with E-state index >= 15 is 0 Å². The van der Waals surface area contributed by atoms with Crippen LogP contribution < -0.4 is 4.73 Å². The predicted molar refractivity (Wildman–Crippen MR) is 85.7 cm³/mol. The average Bonchev–Trinajstić information content (AvgIpc) is 2.45. The number of nitrogens with zero attached hydrogens (tertiary/aromatic N) is 1. The van der Waals surface area contributed by atoms with Crippen molar-refractivity contribution in [1.29, 1.82) is 0 Å². The van der Waals surface area contributed by atoms with Gasteiger partial charge in [0.15, 0.2) is 6.20 Å². The average molecular weight is 297 g/mol. The third-order valence-electron chi connectivity index (χ3n) is 2.85. The Balaban J connectivity index is 2.23. The molecule has 4 heteroatoms. The van der Waals surface area contributed by atoms with Crippen LogP contribution in [-0.4, -0.2) is 11.6 Å². The molecule has 0 aliphatic heterocycles. The van der Waals surface area contributed by atoms with Crippen molar-refractivity contribution < 1.29 is 14.3 Å². The lowest BCUT2D eigenvalue weighted by Gasteiger charge is -2.17. The molecule has 0 saturated carbocycles. The maximum atomic E-state index is 11.8.